The summed E-state index contributed by atoms with van der Waals surface area (Å²) in [5, 5.41) is 0. The molecule has 2 heteroatoms. The first-order valence-electron chi connectivity index (χ1n) is 6.17. The molecule has 0 amide bonds. The van der Waals surface area contributed by atoms with Crippen LogP contribution in [0.1, 0.15) is 36.8 Å². The zero-order chi connectivity index (χ0) is 11.5. The lowest BCUT2D eigenvalue weighted by Gasteiger charge is -2.19. The third kappa shape index (κ3) is 2.62. The van der Waals surface area contributed by atoms with Gasteiger partial charge in [0.1, 0.15) is 5.82 Å². The van der Waals surface area contributed by atoms with Gasteiger partial charge in [-0.1, -0.05) is 18.9 Å². The summed E-state index contributed by atoms with van der Waals surface area (Å²) < 4.78 is 13.1. The summed E-state index contributed by atoms with van der Waals surface area (Å²) in [6, 6.07) is 5.18. The molecule has 1 saturated carbocycles. The second kappa shape index (κ2) is 4.96. The molecular weight excluding hydrogens is 201 g/mol. The van der Waals surface area contributed by atoms with Gasteiger partial charge in [-0.15, -0.1) is 0 Å². The van der Waals surface area contributed by atoms with Crippen LogP contribution in [0.2, 0.25) is 0 Å². The van der Waals surface area contributed by atoms with Crippen molar-refractivity contribution in [3.05, 3.63) is 35.1 Å². The van der Waals surface area contributed by atoms with E-state index < -0.39 is 0 Å². The van der Waals surface area contributed by atoms with Gasteiger partial charge >= 0.3 is 0 Å². The van der Waals surface area contributed by atoms with Gasteiger partial charge in [-0.3, -0.25) is 0 Å². The van der Waals surface area contributed by atoms with Crippen molar-refractivity contribution in [1.29, 1.82) is 0 Å². The molecule has 2 rings (SSSR count). The van der Waals surface area contributed by atoms with Gasteiger partial charge in [-0.05, 0) is 55.4 Å². The monoisotopic (exact) mass is 221 g/mol. The number of nitrogens with two attached hydrogens (primary N) is 1. The van der Waals surface area contributed by atoms with E-state index in [1.54, 1.807) is 6.07 Å². The van der Waals surface area contributed by atoms with Gasteiger partial charge in [0.25, 0.3) is 0 Å². The van der Waals surface area contributed by atoms with Crippen LogP contribution in [0.15, 0.2) is 18.2 Å². The molecule has 1 nitrogen and oxygen atoms in total. The first-order valence-corrected chi connectivity index (χ1v) is 6.17. The Kier molecular flexibility index (Phi) is 3.59. The molecule has 2 N–H and O–H groups in total. The molecule has 1 fully saturated rings. The summed E-state index contributed by atoms with van der Waals surface area (Å²) in [6.45, 7) is 2.02. The van der Waals surface area contributed by atoms with Crippen molar-refractivity contribution in [3.8, 4) is 0 Å². The zero-order valence-electron chi connectivity index (χ0n) is 9.88. The molecule has 1 atom stereocenters. The summed E-state index contributed by atoms with van der Waals surface area (Å²) in [5.41, 5.74) is 8.42. The molecule has 0 radical (unpaired) electrons. The van der Waals surface area contributed by atoms with Crippen molar-refractivity contribution in [3.63, 3.8) is 0 Å². The van der Waals surface area contributed by atoms with Crippen LogP contribution in [-0.4, -0.2) is 6.04 Å². The Balaban J connectivity index is 2.04. The normalized spacial score (nSPS) is 18.9. The van der Waals surface area contributed by atoms with E-state index in [0.29, 0.717) is 5.92 Å². The summed E-state index contributed by atoms with van der Waals surface area (Å²) >= 11 is 0. The maximum absolute atomic E-state index is 13.1. The Morgan fingerprint density at radius 2 is 2.06 bits per heavy atom. The molecule has 1 unspecified atom stereocenters. The van der Waals surface area contributed by atoms with Crippen LogP contribution in [0.25, 0.3) is 0 Å². The van der Waals surface area contributed by atoms with Crippen molar-refractivity contribution in [2.75, 3.05) is 0 Å². The van der Waals surface area contributed by atoms with E-state index in [0.717, 1.165) is 17.5 Å². The van der Waals surface area contributed by atoms with E-state index in [1.165, 1.54) is 31.7 Å². The fourth-order valence-electron chi connectivity index (χ4n) is 2.67. The third-order valence-corrected chi connectivity index (χ3v) is 3.77. The number of hydrogen-bond acceptors (Lipinski definition) is 1. The molecule has 16 heavy (non-hydrogen) atoms. The molecule has 1 aliphatic rings. The van der Waals surface area contributed by atoms with E-state index in [-0.39, 0.29) is 11.9 Å². The third-order valence-electron chi connectivity index (χ3n) is 3.77. The van der Waals surface area contributed by atoms with Crippen LogP contribution >= 0.6 is 0 Å². The highest BCUT2D eigenvalue weighted by Gasteiger charge is 2.22. The average Bonchev–Trinajstić information content (AvgIpc) is 2.76. The number of rotatable bonds is 3. The van der Waals surface area contributed by atoms with E-state index >= 15 is 0 Å². The van der Waals surface area contributed by atoms with Crippen molar-refractivity contribution >= 4 is 0 Å². The summed E-state index contributed by atoms with van der Waals surface area (Å²) in [5.74, 6) is 0.488. The average molecular weight is 221 g/mol. The molecule has 0 aliphatic heterocycles. The van der Waals surface area contributed by atoms with Gasteiger partial charge in [0.15, 0.2) is 0 Å². The fraction of sp³-hybridized carbons (Fsp3) is 0.571. The highest BCUT2D eigenvalue weighted by Crippen LogP contribution is 2.28. The predicted octanol–water partition coefficient (Wildman–Crippen LogP) is 3.19. The van der Waals surface area contributed by atoms with Crippen LogP contribution in [-0.2, 0) is 6.42 Å². The maximum Gasteiger partial charge on any atom is 0.123 e. The molecule has 88 valence electrons. The summed E-state index contributed by atoms with van der Waals surface area (Å²) in [7, 11) is 0. The quantitative estimate of drug-likeness (QED) is 0.833. The predicted molar refractivity (Wildman–Crippen MR) is 64.8 cm³/mol. The van der Waals surface area contributed by atoms with Crippen LogP contribution < -0.4 is 5.73 Å². The molecule has 1 aromatic carbocycles. The van der Waals surface area contributed by atoms with Gasteiger partial charge in [0.05, 0.1) is 0 Å². The van der Waals surface area contributed by atoms with Crippen LogP contribution in [0.3, 0.4) is 0 Å². The standard InChI is InChI=1S/C14H20FN/c1-10-6-7-13(15)8-12(10)9-14(16)11-4-2-3-5-11/h6-8,11,14H,2-5,9,16H2,1H3. The number of aryl methyl sites for hydroxylation is 1. The van der Waals surface area contributed by atoms with E-state index in [9.17, 15) is 4.39 Å². The Bertz CT molecular complexity index is 356. The molecule has 0 heterocycles. The zero-order valence-corrected chi connectivity index (χ0v) is 9.88. The Morgan fingerprint density at radius 1 is 1.38 bits per heavy atom. The van der Waals surface area contributed by atoms with Gasteiger partial charge in [0, 0.05) is 6.04 Å². The maximum atomic E-state index is 13.1. The SMILES string of the molecule is Cc1ccc(F)cc1CC(N)C1CCCC1. The van der Waals surface area contributed by atoms with Gasteiger partial charge < -0.3 is 5.73 Å². The molecule has 0 aromatic heterocycles. The second-order valence-electron chi connectivity index (χ2n) is 4.98. The van der Waals surface area contributed by atoms with Crippen molar-refractivity contribution in [2.45, 2.75) is 45.1 Å². The smallest absolute Gasteiger partial charge is 0.123 e. The van der Waals surface area contributed by atoms with E-state index in [4.69, 9.17) is 5.73 Å². The summed E-state index contributed by atoms with van der Waals surface area (Å²) in [6.07, 6.45) is 5.92. The van der Waals surface area contributed by atoms with Crippen LogP contribution in [0, 0.1) is 18.7 Å². The number of benzene rings is 1. The minimum absolute atomic E-state index is 0.153. The van der Waals surface area contributed by atoms with Gasteiger partial charge in [0.2, 0.25) is 0 Å². The van der Waals surface area contributed by atoms with Gasteiger partial charge in [-0.2, -0.15) is 0 Å². The molecule has 0 saturated heterocycles. The largest absolute Gasteiger partial charge is 0.327 e. The Hall–Kier alpha value is -0.890. The fourth-order valence-corrected chi connectivity index (χ4v) is 2.67. The lowest BCUT2D eigenvalue weighted by molar-refractivity contribution is 0.428. The topological polar surface area (TPSA) is 26.0 Å². The molecule has 1 aliphatic carbocycles. The highest BCUT2D eigenvalue weighted by atomic mass is 19.1. The van der Waals surface area contributed by atoms with E-state index in [2.05, 4.69) is 0 Å². The lowest BCUT2D eigenvalue weighted by Crippen LogP contribution is -2.30. The van der Waals surface area contributed by atoms with Gasteiger partial charge in [-0.25, -0.2) is 4.39 Å². The minimum atomic E-state index is -0.153. The molecule has 0 bridgehead atoms. The van der Waals surface area contributed by atoms with Crippen LogP contribution in [0.5, 0.6) is 0 Å². The summed E-state index contributed by atoms with van der Waals surface area (Å²) in [4.78, 5) is 0. The van der Waals surface area contributed by atoms with Crippen molar-refractivity contribution in [2.24, 2.45) is 11.7 Å². The molecular formula is C14H20FN. The lowest BCUT2D eigenvalue weighted by atomic mass is 9.91. The minimum Gasteiger partial charge on any atom is -0.327 e. The molecule has 0 spiro atoms. The molecule has 1 aromatic rings. The number of halogens is 1. The second-order valence-corrected chi connectivity index (χ2v) is 4.98. The number of hydrogen-bond donors (Lipinski definition) is 1. The highest BCUT2D eigenvalue weighted by molar-refractivity contribution is 5.27. The van der Waals surface area contributed by atoms with E-state index in [1.807, 2.05) is 13.0 Å². The Morgan fingerprint density at radius 3 is 2.75 bits per heavy atom. The first-order chi connectivity index (χ1) is 7.66. The van der Waals surface area contributed by atoms with Crippen LogP contribution in [0.4, 0.5) is 4.39 Å². The van der Waals surface area contributed by atoms with Crippen molar-refractivity contribution < 1.29 is 4.39 Å². The Labute approximate surface area is 96.9 Å². The van der Waals surface area contributed by atoms with Crippen molar-refractivity contribution in [1.82, 2.24) is 0 Å². The first kappa shape index (κ1) is 11.6.